The Bertz CT molecular complexity index is 941. The number of thiocarbonyl (C=S) groups is 1. The number of hydrogen-bond acceptors (Lipinski definition) is 3. The maximum Gasteiger partial charge on any atom is 0.237 e. The van der Waals surface area contributed by atoms with Gasteiger partial charge in [-0.15, -0.1) is 0 Å². The fraction of sp³-hybridized carbons (Fsp3) is 0.0526. The van der Waals surface area contributed by atoms with Crippen LogP contribution in [0.25, 0.3) is 11.5 Å². The van der Waals surface area contributed by atoms with E-state index in [9.17, 15) is 5.11 Å². The smallest absolute Gasteiger partial charge is 0.237 e. The number of nitrogens with zero attached hydrogens (tertiary/aromatic N) is 1. The summed E-state index contributed by atoms with van der Waals surface area (Å²) in [6.07, 6.45) is 5.09. The Balaban J connectivity index is 1.99. The third-order valence-corrected chi connectivity index (χ3v) is 4.67. The molecule has 132 valence electrons. The molecule has 0 aliphatic rings. The van der Waals surface area contributed by atoms with Gasteiger partial charge < -0.3 is 14.8 Å². The van der Waals surface area contributed by atoms with Crippen molar-refractivity contribution in [2.75, 3.05) is 0 Å². The van der Waals surface area contributed by atoms with Crippen molar-refractivity contribution in [1.29, 1.82) is 0 Å². The Kier molecular flexibility index (Phi) is 5.93. The maximum absolute atomic E-state index is 13.1. The molecule has 2 aromatic heterocycles. The van der Waals surface area contributed by atoms with Crippen molar-refractivity contribution in [3.05, 3.63) is 88.6 Å². The molecule has 1 aromatic carbocycles. The van der Waals surface area contributed by atoms with Crippen LogP contribution in [0.15, 0.2) is 71.6 Å². The van der Waals surface area contributed by atoms with Crippen LogP contribution >= 0.6 is 35.4 Å². The summed E-state index contributed by atoms with van der Waals surface area (Å²) in [7, 11) is 0. The number of benzene rings is 1. The van der Waals surface area contributed by atoms with Crippen molar-refractivity contribution in [3.8, 4) is 0 Å². The maximum atomic E-state index is 13.1. The lowest BCUT2D eigenvalue weighted by atomic mass is 10.1. The van der Waals surface area contributed by atoms with Crippen LogP contribution in [0.2, 0.25) is 10.0 Å². The van der Waals surface area contributed by atoms with Gasteiger partial charge >= 0.3 is 0 Å². The Labute approximate surface area is 166 Å². The first-order valence-electron chi connectivity index (χ1n) is 7.70. The van der Waals surface area contributed by atoms with Gasteiger partial charge in [0.25, 0.3) is 0 Å². The van der Waals surface area contributed by atoms with Crippen molar-refractivity contribution in [1.82, 2.24) is 5.32 Å². The number of aromatic nitrogens is 1. The van der Waals surface area contributed by atoms with Gasteiger partial charge in [0.1, 0.15) is 5.76 Å². The second-order valence-corrected chi connectivity index (χ2v) is 6.57. The van der Waals surface area contributed by atoms with Crippen molar-refractivity contribution >= 4 is 51.9 Å². The number of hydrogen-bond donors (Lipinski definition) is 1. The molecule has 1 N–H and O–H groups in total. The number of pyridine rings is 1. The van der Waals surface area contributed by atoms with Crippen LogP contribution in [-0.2, 0) is 6.54 Å². The average molecular weight is 405 g/mol. The predicted molar refractivity (Wildman–Crippen MR) is 104 cm³/mol. The molecule has 26 heavy (non-hydrogen) atoms. The van der Waals surface area contributed by atoms with Gasteiger partial charge in [0.05, 0.1) is 22.9 Å². The summed E-state index contributed by atoms with van der Waals surface area (Å²) < 4.78 is 6.96. The van der Waals surface area contributed by atoms with E-state index in [0.717, 1.165) is 0 Å². The molecule has 0 atom stereocenters. The normalized spacial score (nSPS) is 11.8. The molecule has 0 saturated carbocycles. The molecule has 7 heteroatoms. The van der Waals surface area contributed by atoms with Crippen LogP contribution < -0.4 is 15.0 Å². The van der Waals surface area contributed by atoms with E-state index < -0.39 is 0 Å². The first-order valence-corrected chi connectivity index (χ1v) is 8.86. The van der Waals surface area contributed by atoms with Crippen LogP contribution in [0.5, 0.6) is 0 Å². The molecule has 0 unspecified atom stereocenters. The predicted octanol–water partition coefficient (Wildman–Crippen LogP) is 3.68. The Morgan fingerprint density at radius 1 is 1.08 bits per heavy atom. The van der Waals surface area contributed by atoms with E-state index in [1.807, 2.05) is 24.3 Å². The zero-order valence-electron chi connectivity index (χ0n) is 13.5. The monoisotopic (exact) mass is 404 g/mol. The van der Waals surface area contributed by atoms with E-state index in [0.29, 0.717) is 38.6 Å². The molecule has 0 aliphatic heterocycles. The van der Waals surface area contributed by atoms with Gasteiger partial charge in [-0.2, -0.15) is 4.57 Å². The first-order chi connectivity index (χ1) is 12.6. The highest BCUT2D eigenvalue weighted by Crippen LogP contribution is 2.25. The van der Waals surface area contributed by atoms with Crippen LogP contribution in [0.3, 0.4) is 0 Å². The fourth-order valence-corrected chi connectivity index (χ4v) is 2.89. The zero-order chi connectivity index (χ0) is 18.5. The fourth-order valence-electron chi connectivity index (χ4n) is 2.32. The largest absolute Gasteiger partial charge is 0.867 e. The topological polar surface area (TPSA) is 52.1 Å². The summed E-state index contributed by atoms with van der Waals surface area (Å²) in [5.41, 5.74) is 0.707. The second kappa shape index (κ2) is 8.36. The van der Waals surface area contributed by atoms with E-state index in [2.05, 4.69) is 5.32 Å². The molecule has 0 radical (unpaired) electrons. The van der Waals surface area contributed by atoms with Gasteiger partial charge in [-0.25, -0.2) is 0 Å². The minimum absolute atomic E-state index is 0.267. The van der Waals surface area contributed by atoms with Crippen LogP contribution in [0.1, 0.15) is 11.3 Å². The highest BCUT2D eigenvalue weighted by molar-refractivity contribution is 7.81. The Hall–Kier alpha value is -2.34. The minimum atomic E-state index is -0.267. The van der Waals surface area contributed by atoms with Crippen molar-refractivity contribution in [3.63, 3.8) is 0 Å². The first kappa shape index (κ1) is 18.5. The number of nitrogens with one attached hydrogen (secondary N) is 1. The van der Waals surface area contributed by atoms with E-state index in [1.165, 1.54) is 6.07 Å². The highest BCUT2D eigenvalue weighted by Gasteiger charge is 2.18. The number of rotatable bonds is 5. The van der Waals surface area contributed by atoms with E-state index in [1.54, 1.807) is 41.4 Å². The molecule has 3 rings (SSSR count). The third kappa shape index (κ3) is 4.25. The van der Waals surface area contributed by atoms with Gasteiger partial charge in [0.2, 0.25) is 5.70 Å². The van der Waals surface area contributed by atoms with E-state index in [4.69, 9.17) is 39.8 Å². The standard InChI is InChI=1S/C19H14Cl2N2O2S/c20-15-7-6-13(11-16(15)21)18(24)17(23-8-2-1-3-9-23)19(26)22-12-14-5-4-10-25-14/h1-11H,12H2,(H-,22,24,26). The lowest BCUT2D eigenvalue weighted by Crippen LogP contribution is -2.42. The molecule has 0 saturated heterocycles. The lowest BCUT2D eigenvalue weighted by molar-refractivity contribution is -0.578. The van der Waals surface area contributed by atoms with E-state index in [-0.39, 0.29) is 5.76 Å². The molecule has 4 nitrogen and oxygen atoms in total. The van der Waals surface area contributed by atoms with Crippen LogP contribution in [0, 0.1) is 0 Å². The molecule has 0 bridgehead atoms. The van der Waals surface area contributed by atoms with Crippen molar-refractivity contribution < 1.29 is 14.1 Å². The quantitative estimate of drug-likeness (QED) is 0.305. The average Bonchev–Trinajstić information content (AvgIpc) is 3.17. The second-order valence-electron chi connectivity index (χ2n) is 5.35. The summed E-state index contributed by atoms with van der Waals surface area (Å²) in [5.74, 6) is 0.448. The zero-order valence-corrected chi connectivity index (χ0v) is 15.8. The van der Waals surface area contributed by atoms with Crippen molar-refractivity contribution in [2.45, 2.75) is 6.54 Å². The van der Waals surface area contributed by atoms with Crippen molar-refractivity contribution in [2.24, 2.45) is 0 Å². The van der Waals surface area contributed by atoms with Crippen LogP contribution in [-0.4, -0.2) is 4.99 Å². The summed E-state index contributed by atoms with van der Waals surface area (Å²) in [6.45, 7) is 0.372. The van der Waals surface area contributed by atoms with E-state index >= 15 is 0 Å². The molecule has 3 aromatic rings. The number of furan rings is 1. The molecule has 0 spiro atoms. The summed E-state index contributed by atoms with van der Waals surface area (Å²) in [6, 6.07) is 13.8. The molecule has 0 aliphatic carbocycles. The van der Waals surface area contributed by atoms with Gasteiger partial charge in [-0.1, -0.05) is 47.6 Å². The SMILES string of the molecule is [O-]/C(=C(\C(=S)NCc1ccco1)[n+]1ccccc1)c1ccc(Cl)c(Cl)c1. The Morgan fingerprint density at radius 2 is 1.85 bits per heavy atom. The lowest BCUT2D eigenvalue weighted by Gasteiger charge is -2.17. The summed E-state index contributed by atoms with van der Waals surface area (Å²) >= 11 is 17.5. The molecular formula is C19H14Cl2N2O2S. The Morgan fingerprint density at radius 3 is 2.50 bits per heavy atom. The van der Waals surface area contributed by atoms with Gasteiger partial charge in [0, 0.05) is 12.1 Å². The highest BCUT2D eigenvalue weighted by atomic mass is 35.5. The third-order valence-electron chi connectivity index (χ3n) is 3.59. The minimum Gasteiger partial charge on any atom is -0.867 e. The van der Waals surface area contributed by atoms with Crippen LogP contribution in [0.4, 0.5) is 0 Å². The van der Waals surface area contributed by atoms with Gasteiger partial charge in [-0.05, 0) is 35.6 Å². The molecule has 2 heterocycles. The summed E-state index contributed by atoms with van der Waals surface area (Å²) in [5, 5.41) is 16.9. The molecule has 0 amide bonds. The summed E-state index contributed by atoms with van der Waals surface area (Å²) in [4.78, 5) is 0.300. The molecule has 0 fully saturated rings. The molecular weight excluding hydrogens is 391 g/mol. The number of halogens is 2. The van der Waals surface area contributed by atoms with Gasteiger partial charge in [0.15, 0.2) is 17.4 Å². The van der Waals surface area contributed by atoms with Gasteiger partial charge in [-0.3, -0.25) is 0 Å².